The molecule has 0 spiro atoms. The zero-order chi connectivity index (χ0) is 18.5. The van der Waals surface area contributed by atoms with Gasteiger partial charge in [-0.2, -0.15) is 0 Å². The predicted octanol–water partition coefficient (Wildman–Crippen LogP) is 5.90. The number of halogens is 1. The quantitative estimate of drug-likeness (QED) is 0.267. The molecule has 25 heavy (non-hydrogen) atoms. The fourth-order valence-electron chi connectivity index (χ4n) is 2.71. The molecule has 0 heterocycles. The Hall–Kier alpha value is -1.62. The number of nitrogens with one attached hydrogen (secondary N) is 1. The van der Waals surface area contributed by atoms with E-state index < -0.39 is 4.92 Å². The summed E-state index contributed by atoms with van der Waals surface area (Å²) in [4.78, 5) is 22.3. The fraction of sp³-hybridized carbons (Fsp3) is 0.632. The van der Waals surface area contributed by atoms with Gasteiger partial charge in [-0.25, -0.2) is 0 Å². The van der Waals surface area contributed by atoms with Gasteiger partial charge in [0.05, 0.1) is 15.5 Å². The average molecular weight is 369 g/mol. The largest absolute Gasteiger partial charge is 0.352 e. The van der Waals surface area contributed by atoms with Gasteiger partial charge in [0.15, 0.2) is 0 Å². The second-order valence-corrected chi connectivity index (χ2v) is 6.77. The molecule has 0 saturated carbocycles. The van der Waals surface area contributed by atoms with Gasteiger partial charge in [-0.3, -0.25) is 14.9 Å². The van der Waals surface area contributed by atoms with Crippen molar-refractivity contribution in [1.82, 2.24) is 5.32 Å². The van der Waals surface area contributed by atoms with Crippen LogP contribution in [-0.2, 0) is 0 Å². The normalized spacial score (nSPS) is 10.6. The third kappa shape index (κ3) is 8.87. The van der Waals surface area contributed by atoms with Crippen LogP contribution in [0.25, 0.3) is 0 Å². The molecule has 1 N–H and O–H groups in total. The van der Waals surface area contributed by atoms with Crippen molar-refractivity contribution in [2.24, 2.45) is 0 Å². The standard InChI is InChI=1S/C19H29ClN2O3/c1-2-3-4-5-6-7-8-9-10-11-14-21-19(23)17-15-16(22(24)25)12-13-18(17)20/h12-13,15H,2-11,14H2,1H3,(H,21,23). The van der Waals surface area contributed by atoms with Gasteiger partial charge in [-0.15, -0.1) is 0 Å². The highest BCUT2D eigenvalue weighted by molar-refractivity contribution is 6.33. The van der Waals surface area contributed by atoms with Crippen molar-refractivity contribution in [1.29, 1.82) is 0 Å². The zero-order valence-corrected chi connectivity index (χ0v) is 15.8. The molecule has 0 unspecified atom stereocenters. The van der Waals surface area contributed by atoms with Gasteiger partial charge < -0.3 is 5.32 Å². The number of unbranched alkanes of at least 4 members (excludes halogenated alkanes) is 9. The van der Waals surface area contributed by atoms with Gasteiger partial charge in [0.25, 0.3) is 11.6 Å². The molecule has 1 amide bonds. The molecule has 0 aliphatic rings. The third-order valence-electron chi connectivity index (χ3n) is 4.22. The fourth-order valence-corrected chi connectivity index (χ4v) is 2.91. The highest BCUT2D eigenvalue weighted by Gasteiger charge is 2.15. The number of rotatable bonds is 13. The topological polar surface area (TPSA) is 72.2 Å². The van der Waals surface area contributed by atoms with Crippen LogP contribution in [0.5, 0.6) is 0 Å². The summed E-state index contributed by atoms with van der Waals surface area (Å²) >= 11 is 5.96. The number of carbonyl (C=O) groups is 1. The van der Waals surface area contributed by atoms with Gasteiger partial charge in [0, 0.05) is 18.7 Å². The minimum Gasteiger partial charge on any atom is -0.352 e. The Kier molecular flexibility index (Phi) is 10.9. The Labute approximate surface area is 155 Å². The van der Waals surface area contributed by atoms with E-state index in [4.69, 9.17) is 11.6 Å². The number of nitro benzene ring substituents is 1. The lowest BCUT2D eigenvalue weighted by Gasteiger charge is -2.07. The predicted molar refractivity (Wildman–Crippen MR) is 102 cm³/mol. The summed E-state index contributed by atoms with van der Waals surface area (Å²) in [5.74, 6) is -0.357. The Morgan fingerprint density at radius 1 is 1.04 bits per heavy atom. The zero-order valence-electron chi connectivity index (χ0n) is 15.1. The number of amides is 1. The smallest absolute Gasteiger partial charge is 0.270 e. The van der Waals surface area contributed by atoms with Crippen LogP contribution in [0.15, 0.2) is 18.2 Å². The van der Waals surface area contributed by atoms with Crippen molar-refractivity contribution in [2.75, 3.05) is 6.54 Å². The summed E-state index contributed by atoms with van der Waals surface area (Å²) in [7, 11) is 0. The molecular formula is C19H29ClN2O3. The SMILES string of the molecule is CCCCCCCCCCCCNC(=O)c1cc([N+](=O)[O-])ccc1Cl. The molecule has 5 nitrogen and oxygen atoms in total. The highest BCUT2D eigenvalue weighted by atomic mass is 35.5. The number of hydrogen-bond acceptors (Lipinski definition) is 3. The molecule has 0 aliphatic carbocycles. The van der Waals surface area contributed by atoms with E-state index in [-0.39, 0.29) is 22.2 Å². The summed E-state index contributed by atoms with van der Waals surface area (Å²) in [5, 5.41) is 13.8. The van der Waals surface area contributed by atoms with Crippen molar-refractivity contribution < 1.29 is 9.72 Å². The summed E-state index contributed by atoms with van der Waals surface area (Å²) in [6, 6.07) is 3.90. The summed E-state index contributed by atoms with van der Waals surface area (Å²) in [6.45, 7) is 2.79. The number of carbonyl (C=O) groups excluding carboxylic acids is 1. The van der Waals surface area contributed by atoms with Crippen molar-refractivity contribution in [3.8, 4) is 0 Å². The summed E-state index contributed by atoms with van der Waals surface area (Å²) in [6.07, 6.45) is 12.4. The van der Waals surface area contributed by atoms with Crippen LogP contribution in [0.4, 0.5) is 5.69 Å². The first-order valence-corrected chi connectivity index (χ1v) is 9.66. The summed E-state index contributed by atoms with van der Waals surface area (Å²) in [5.41, 5.74) is 0.0245. The molecule has 0 radical (unpaired) electrons. The van der Waals surface area contributed by atoms with Crippen LogP contribution in [0, 0.1) is 10.1 Å². The molecule has 1 aromatic rings. The lowest BCUT2D eigenvalue weighted by molar-refractivity contribution is -0.384. The lowest BCUT2D eigenvalue weighted by Crippen LogP contribution is -2.24. The molecule has 0 saturated heterocycles. The molecule has 140 valence electrons. The van der Waals surface area contributed by atoms with Gasteiger partial charge >= 0.3 is 0 Å². The number of non-ortho nitro benzene ring substituents is 1. The Morgan fingerprint density at radius 3 is 2.16 bits per heavy atom. The number of nitrogens with zero attached hydrogens (tertiary/aromatic N) is 1. The van der Waals surface area contributed by atoms with Gasteiger partial charge in [-0.05, 0) is 12.5 Å². The molecule has 0 atom stereocenters. The minimum absolute atomic E-state index is 0.131. The van der Waals surface area contributed by atoms with E-state index in [2.05, 4.69) is 12.2 Å². The van der Waals surface area contributed by atoms with E-state index in [1.807, 2.05) is 0 Å². The molecule has 6 heteroatoms. The molecule has 0 aliphatic heterocycles. The lowest BCUT2D eigenvalue weighted by atomic mass is 10.1. The summed E-state index contributed by atoms with van der Waals surface area (Å²) < 4.78 is 0. The van der Waals surface area contributed by atoms with Crippen molar-refractivity contribution in [3.63, 3.8) is 0 Å². The number of benzene rings is 1. The average Bonchev–Trinajstić information content (AvgIpc) is 2.59. The first-order chi connectivity index (χ1) is 12.1. The van der Waals surface area contributed by atoms with Crippen molar-refractivity contribution in [2.45, 2.75) is 71.1 Å². The van der Waals surface area contributed by atoms with Gasteiger partial charge in [0.1, 0.15) is 0 Å². The molecule has 0 aromatic heterocycles. The van der Waals surface area contributed by atoms with Gasteiger partial charge in [0.2, 0.25) is 0 Å². The number of hydrogen-bond donors (Lipinski definition) is 1. The first kappa shape index (κ1) is 21.4. The van der Waals surface area contributed by atoms with E-state index >= 15 is 0 Å². The number of nitro groups is 1. The maximum atomic E-state index is 12.1. The maximum absolute atomic E-state index is 12.1. The van der Waals surface area contributed by atoms with Crippen molar-refractivity contribution >= 4 is 23.2 Å². The van der Waals surface area contributed by atoms with Crippen LogP contribution in [0.3, 0.4) is 0 Å². The van der Waals surface area contributed by atoms with Crippen LogP contribution in [-0.4, -0.2) is 17.4 Å². The second kappa shape index (κ2) is 12.7. The first-order valence-electron chi connectivity index (χ1n) is 9.28. The molecule has 0 bridgehead atoms. The highest BCUT2D eigenvalue weighted by Crippen LogP contribution is 2.22. The molecular weight excluding hydrogens is 340 g/mol. The Morgan fingerprint density at radius 2 is 1.60 bits per heavy atom. The molecule has 1 rings (SSSR count). The van der Waals surface area contributed by atoms with Crippen LogP contribution in [0.2, 0.25) is 5.02 Å². The van der Waals surface area contributed by atoms with E-state index in [1.165, 1.54) is 69.6 Å². The monoisotopic (exact) mass is 368 g/mol. The molecule has 0 fully saturated rings. The van der Waals surface area contributed by atoms with E-state index in [0.717, 1.165) is 12.8 Å². The third-order valence-corrected chi connectivity index (χ3v) is 4.55. The van der Waals surface area contributed by atoms with Gasteiger partial charge in [-0.1, -0.05) is 76.3 Å². The van der Waals surface area contributed by atoms with Crippen molar-refractivity contribution in [3.05, 3.63) is 38.9 Å². The van der Waals surface area contributed by atoms with E-state index in [1.54, 1.807) is 0 Å². The molecule has 1 aromatic carbocycles. The van der Waals surface area contributed by atoms with Crippen LogP contribution in [0.1, 0.15) is 81.5 Å². The maximum Gasteiger partial charge on any atom is 0.270 e. The van der Waals surface area contributed by atoms with Crippen LogP contribution >= 0.6 is 11.6 Å². The van der Waals surface area contributed by atoms with Crippen LogP contribution < -0.4 is 5.32 Å². The Balaban J connectivity index is 2.15. The van der Waals surface area contributed by atoms with E-state index in [9.17, 15) is 14.9 Å². The second-order valence-electron chi connectivity index (χ2n) is 6.36. The minimum atomic E-state index is -0.532. The Bertz CT molecular complexity index is 549. The van der Waals surface area contributed by atoms with E-state index in [0.29, 0.717) is 6.54 Å².